The highest BCUT2D eigenvalue weighted by molar-refractivity contribution is 5.19. The first-order chi connectivity index (χ1) is 8.33. The average molecular weight is 232 g/mol. The molecule has 17 heavy (non-hydrogen) atoms. The van der Waals surface area contributed by atoms with E-state index in [1.165, 1.54) is 0 Å². The van der Waals surface area contributed by atoms with Crippen LogP contribution in [0, 0.1) is 12.3 Å². The minimum absolute atomic E-state index is 0.0356. The van der Waals surface area contributed by atoms with Gasteiger partial charge in [0.15, 0.2) is 0 Å². The van der Waals surface area contributed by atoms with Gasteiger partial charge in [-0.1, -0.05) is 30.3 Å². The van der Waals surface area contributed by atoms with Gasteiger partial charge in [-0.15, -0.1) is 12.3 Å². The number of benzene rings is 1. The summed E-state index contributed by atoms with van der Waals surface area (Å²) in [6.07, 6.45) is 6.71. The predicted molar refractivity (Wildman–Crippen MR) is 70.0 cm³/mol. The molecule has 0 aliphatic heterocycles. The van der Waals surface area contributed by atoms with Crippen LogP contribution in [0.1, 0.15) is 31.4 Å². The van der Waals surface area contributed by atoms with Crippen molar-refractivity contribution in [2.75, 3.05) is 6.61 Å². The van der Waals surface area contributed by atoms with E-state index in [9.17, 15) is 0 Å². The maximum Gasteiger partial charge on any atom is 0.0991 e. The van der Waals surface area contributed by atoms with Crippen molar-refractivity contribution in [3.63, 3.8) is 0 Å². The molecule has 0 bridgehead atoms. The smallest absolute Gasteiger partial charge is 0.0991 e. The lowest BCUT2D eigenvalue weighted by Gasteiger charge is -2.26. The summed E-state index contributed by atoms with van der Waals surface area (Å²) in [6.45, 7) is 2.62. The maximum absolute atomic E-state index is 5.77. The summed E-state index contributed by atoms with van der Waals surface area (Å²) in [5.41, 5.74) is 3.92. The van der Waals surface area contributed by atoms with E-state index in [2.05, 4.69) is 11.3 Å². The molecule has 0 saturated heterocycles. The van der Waals surface area contributed by atoms with Crippen molar-refractivity contribution in [1.29, 1.82) is 0 Å². The summed E-state index contributed by atoms with van der Waals surface area (Å²) in [5.74, 6) is 8.21. The zero-order valence-electron chi connectivity index (χ0n) is 10.2. The summed E-state index contributed by atoms with van der Waals surface area (Å²) in [6, 6.07) is 10.1. The quantitative estimate of drug-likeness (QED) is 0.429. The molecular weight excluding hydrogens is 212 g/mol. The second-order valence-electron chi connectivity index (χ2n) is 3.80. The molecule has 1 aromatic carbocycles. The molecular formula is C14H20N2O. The first-order valence-corrected chi connectivity index (χ1v) is 5.89. The van der Waals surface area contributed by atoms with Gasteiger partial charge < -0.3 is 4.74 Å². The highest BCUT2D eigenvalue weighted by Gasteiger charge is 2.21. The van der Waals surface area contributed by atoms with E-state index in [4.69, 9.17) is 17.0 Å². The fourth-order valence-corrected chi connectivity index (χ4v) is 1.83. The highest BCUT2D eigenvalue weighted by Crippen LogP contribution is 2.23. The van der Waals surface area contributed by atoms with E-state index in [-0.39, 0.29) is 12.1 Å². The van der Waals surface area contributed by atoms with E-state index in [0.717, 1.165) is 12.0 Å². The summed E-state index contributed by atoms with van der Waals surface area (Å²) in [4.78, 5) is 0. The minimum atomic E-state index is -0.0560. The lowest BCUT2D eigenvalue weighted by atomic mass is 9.99. The van der Waals surface area contributed by atoms with E-state index >= 15 is 0 Å². The Morgan fingerprint density at radius 2 is 2.12 bits per heavy atom. The molecule has 1 rings (SSSR count). The normalized spacial score (nSPS) is 13.9. The standard InChI is InChI=1S/C14H20N2O/c1-3-5-11-13(16-15)14(17-4-2)12-9-7-6-8-10-12/h1,6-10,13-14,16H,4-5,11,15H2,2H3. The van der Waals surface area contributed by atoms with Crippen LogP contribution in [0.5, 0.6) is 0 Å². The zero-order chi connectivity index (χ0) is 12.5. The number of rotatable bonds is 7. The maximum atomic E-state index is 5.77. The first kappa shape index (κ1) is 13.7. The Morgan fingerprint density at radius 3 is 2.65 bits per heavy atom. The number of terminal acetylenes is 1. The Hall–Kier alpha value is -1.34. The van der Waals surface area contributed by atoms with Gasteiger partial charge in [-0.2, -0.15) is 0 Å². The van der Waals surface area contributed by atoms with Crippen LogP contribution < -0.4 is 11.3 Å². The summed E-state index contributed by atoms with van der Waals surface area (Å²) in [7, 11) is 0. The third-order valence-electron chi connectivity index (χ3n) is 2.65. The van der Waals surface area contributed by atoms with Gasteiger partial charge in [-0.3, -0.25) is 11.3 Å². The molecule has 1 aromatic rings. The van der Waals surface area contributed by atoms with Crippen molar-refractivity contribution < 1.29 is 4.74 Å². The van der Waals surface area contributed by atoms with Crippen LogP contribution in [-0.2, 0) is 4.74 Å². The molecule has 0 aliphatic carbocycles. The summed E-state index contributed by atoms with van der Waals surface area (Å²) < 4.78 is 5.77. The predicted octanol–water partition coefficient (Wildman–Crippen LogP) is 2.01. The number of ether oxygens (including phenoxy) is 1. The first-order valence-electron chi connectivity index (χ1n) is 5.89. The van der Waals surface area contributed by atoms with Crippen LogP contribution >= 0.6 is 0 Å². The van der Waals surface area contributed by atoms with Crippen LogP contribution in [0.4, 0.5) is 0 Å². The lowest BCUT2D eigenvalue weighted by molar-refractivity contribution is 0.0312. The molecule has 92 valence electrons. The zero-order valence-corrected chi connectivity index (χ0v) is 10.2. The van der Waals surface area contributed by atoms with Crippen LogP contribution in [-0.4, -0.2) is 12.6 Å². The van der Waals surface area contributed by atoms with Crippen LogP contribution in [0.2, 0.25) is 0 Å². The fourth-order valence-electron chi connectivity index (χ4n) is 1.83. The van der Waals surface area contributed by atoms with Crippen molar-refractivity contribution in [3.8, 4) is 12.3 Å². The second kappa shape index (κ2) is 7.86. The third-order valence-corrected chi connectivity index (χ3v) is 2.65. The van der Waals surface area contributed by atoms with Crippen LogP contribution in [0.25, 0.3) is 0 Å². The molecule has 0 saturated carbocycles. The Labute approximate surface area is 103 Å². The molecule has 2 atom stereocenters. The van der Waals surface area contributed by atoms with Crippen molar-refractivity contribution in [1.82, 2.24) is 5.43 Å². The van der Waals surface area contributed by atoms with E-state index < -0.39 is 0 Å². The molecule has 0 radical (unpaired) electrons. The molecule has 2 unspecified atom stereocenters. The van der Waals surface area contributed by atoms with Crippen molar-refractivity contribution >= 4 is 0 Å². The number of nitrogens with one attached hydrogen (secondary N) is 1. The second-order valence-corrected chi connectivity index (χ2v) is 3.80. The molecule has 0 aromatic heterocycles. The molecule has 3 heteroatoms. The SMILES string of the molecule is C#CCCC(NN)C(OCC)c1ccccc1. The number of hydrogen-bond donors (Lipinski definition) is 2. The van der Waals surface area contributed by atoms with Gasteiger partial charge >= 0.3 is 0 Å². The molecule has 3 nitrogen and oxygen atoms in total. The summed E-state index contributed by atoms with van der Waals surface area (Å²) in [5, 5.41) is 0. The average Bonchev–Trinajstić information content (AvgIpc) is 2.39. The molecule has 0 spiro atoms. The van der Waals surface area contributed by atoms with Crippen molar-refractivity contribution in [2.45, 2.75) is 31.9 Å². The largest absolute Gasteiger partial charge is 0.372 e. The number of hydrazine groups is 1. The van der Waals surface area contributed by atoms with Gasteiger partial charge in [-0.05, 0) is 18.9 Å². The Balaban J connectivity index is 2.79. The van der Waals surface area contributed by atoms with E-state index in [0.29, 0.717) is 13.0 Å². The number of hydrogen-bond acceptors (Lipinski definition) is 3. The van der Waals surface area contributed by atoms with Gasteiger partial charge in [0.25, 0.3) is 0 Å². The van der Waals surface area contributed by atoms with Crippen molar-refractivity contribution in [3.05, 3.63) is 35.9 Å². The highest BCUT2D eigenvalue weighted by atomic mass is 16.5. The Kier molecular flexibility index (Phi) is 6.34. The Bertz CT molecular complexity index is 345. The third kappa shape index (κ3) is 4.20. The van der Waals surface area contributed by atoms with Gasteiger partial charge in [0, 0.05) is 13.0 Å². The van der Waals surface area contributed by atoms with Gasteiger partial charge in [0.2, 0.25) is 0 Å². The van der Waals surface area contributed by atoms with E-state index in [1.807, 2.05) is 37.3 Å². The molecule has 0 fully saturated rings. The summed E-state index contributed by atoms with van der Waals surface area (Å²) >= 11 is 0. The minimum Gasteiger partial charge on any atom is -0.372 e. The van der Waals surface area contributed by atoms with Crippen LogP contribution in [0.15, 0.2) is 30.3 Å². The van der Waals surface area contributed by atoms with Gasteiger partial charge in [0.05, 0.1) is 12.1 Å². The van der Waals surface area contributed by atoms with Gasteiger partial charge in [0.1, 0.15) is 0 Å². The Morgan fingerprint density at radius 1 is 1.41 bits per heavy atom. The molecule has 0 amide bonds. The lowest BCUT2D eigenvalue weighted by Crippen LogP contribution is -2.40. The van der Waals surface area contributed by atoms with Gasteiger partial charge in [-0.25, -0.2) is 0 Å². The fraction of sp³-hybridized carbons (Fsp3) is 0.429. The van der Waals surface area contributed by atoms with Crippen LogP contribution in [0.3, 0.4) is 0 Å². The number of nitrogens with two attached hydrogens (primary N) is 1. The van der Waals surface area contributed by atoms with E-state index in [1.54, 1.807) is 0 Å². The topological polar surface area (TPSA) is 47.3 Å². The van der Waals surface area contributed by atoms with Crippen molar-refractivity contribution in [2.24, 2.45) is 5.84 Å². The molecule has 0 heterocycles. The molecule has 3 N–H and O–H groups in total. The molecule has 0 aliphatic rings. The monoisotopic (exact) mass is 232 g/mol.